The van der Waals surface area contributed by atoms with E-state index in [-0.39, 0.29) is 6.10 Å². The third-order valence-electron chi connectivity index (χ3n) is 3.42. The molecule has 3 N–H and O–H groups in total. The maximum atomic E-state index is 10.9. The van der Waals surface area contributed by atoms with E-state index in [1.807, 2.05) is 60.7 Å². The second-order valence-electron chi connectivity index (χ2n) is 4.97. The van der Waals surface area contributed by atoms with Gasteiger partial charge in [-0.05, 0) is 18.1 Å². The molecule has 0 spiro atoms. The van der Waals surface area contributed by atoms with Crippen LogP contribution < -0.4 is 10.8 Å². The van der Waals surface area contributed by atoms with Gasteiger partial charge in [0.1, 0.15) is 18.2 Å². The first-order valence-electron chi connectivity index (χ1n) is 6.89. The molecule has 0 bridgehead atoms. The summed E-state index contributed by atoms with van der Waals surface area (Å²) in [5.74, 6) is -1.21. The Bertz CT molecular complexity index is 532. The van der Waals surface area contributed by atoms with Crippen LogP contribution in [-0.4, -0.2) is 18.1 Å². The summed E-state index contributed by atoms with van der Waals surface area (Å²) in [6, 6.07) is 18.5. The summed E-state index contributed by atoms with van der Waals surface area (Å²) in [7, 11) is 0. The van der Waals surface area contributed by atoms with Gasteiger partial charge < -0.3 is 20.4 Å². The number of quaternary nitrogens is 1. The summed E-state index contributed by atoms with van der Waals surface area (Å²) >= 11 is 0. The third-order valence-corrected chi connectivity index (χ3v) is 3.42. The highest BCUT2D eigenvalue weighted by Crippen LogP contribution is 2.27. The van der Waals surface area contributed by atoms with E-state index in [4.69, 9.17) is 4.74 Å². The zero-order valence-electron chi connectivity index (χ0n) is 11.9. The Morgan fingerprint density at radius 3 is 1.81 bits per heavy atom. The number of aliphatic carboxylic acids is 1. The van der Waals surface area contributed by atoms with Gasteiger partial charge in [-0.15, -0.1) is 0 Å². The summed E-state index contributed by atoms with van der Waals surface area (Å²) in [5.41, 5.74) is 5.54. The lowest BCUT2D eigenvalue weighted by molar-refractivity contribution is -0.453. The first kappa shape index (κ1) is 15.2. The SMILES string of the molecule is C[C@H](OC(c1ccccc1)c1ccccc1)[C@H]([NH3+])C(=O)[O-]. The maximum Gasteiger partial charge on any atom is 0.151 e. The van der Waals surface area contributed by atoms with Gasteiger partial charge in [-0.25, -0.2) is 0 Å². The molecule has 110 valence electrons. The number of carbonyl (C=O) groups is 1. The molecule has 4 nitrogen and oxygen atoms in total. The molecule has 0 fully saturated rings. The van der Waals surface area contributed by atoms with Crippen LogP contribution in [0.3, 0.4) is 0 Å². The Morgan fingerprint density at radius 1 is 1.00 bits per heavy atom. The fraction of sp³-hybridized carbons (Fsp3) is 0.235. The van der Waals surface area contributed by atoms with E-state index >= 15 is 0 Å². The van der Waals surface area contributed by atoms with Gasteiger partial charge in [-0.2, -0.15) is 0 Å². The summed E-state index contributed by atoms with van der Waals surface area (Å²) in [6.45, 7) is 1.70. The van der Waals surface area contributed by atoms with E-state index < -0.39 is 18.1 Å². The molecule has 0 amide bonds. The molecule has 21 heavy (non-hydrogen) atoms. The minimum Gasteiger partial charge on any atom is -0.544 e. The van der Waals surface area contributed by atoms with Crippen LogP contribution in [0.1, 0.15) is 24.2 Å². The topological polar surface area (TPSA) is 77.0 Å². The van der Waals surface area contributed by atoms with Crippen molar-refractivity contribution in [3.8, 4) is 0 Å². The van der Waals surface area contributed by atoms with Gasteiger partial charge in [0.05, 0.1) is 0 Å². The van der Waals surface area contributed by atoms with Gasteiger partial charge in [0.2, 0.25) is 0 Å². The Balaban J connectivity index is 2.27. The van der Waals surface area contributed by atoms with Crippen LogP contribution in [0, 0.1) is 0 Å². The zero-order valence-corrected chi connectivity index (χ0v) is 11.9. The van der Waals surface area contributed by atoms with Crippen LogP contribution in [0.25, 0.3) is 0 Å². The molecule has 2 aromatic carbocycles. The number of rotatable bonds is 6. The van der Waals surface area contributed by atoms with Crippen LogP contribution in [0.5, 0.6) is 0 Å². The second-order valence-corrected chi connectivity index (χ2v) is 4.97. The van der Waals surface area contributed by atoms with Crippen molar-refractivity contribution in [2.24, 2.45) is 0 Å². The highest BCUT2D eigenvalue weighted by Gasteiger charge is 2.24. The van der Waals surface area contributed by atoms with Crippen molar-refractivity contribution in [1.29, 1.82) is 0 Å². The first-order chi connectivity index (χ1) is 10.1. The van der Waals surface area contributed by atoms with Crippen molar-refractivity contribution < 1.29 is 20.4 Å². The molecule has 2 aromatic rings. The van der Waals surface area contributed by atoms with Gasteiger partial charge in [-0.1, -0.05) is 60.7 Å². The van der Waals surface area contributed by atoms with Crippen LogP contribution in [-0.2, 0) is 9.53 Å². The smallest absolute Gasteiger partial charge is 0.151 e. The van der Waals surface area contributed by atoms with Crippen molar-refractivity contribution >= 4 is 5.97 Å². The minimum atomic E-state index is -1.21. The van der Waals surface area contributed by atoms with E-state index in [0.717, 1.165) is 11.1 Å². The number of benzene rings is 2. The molecule has 0 saturated heterocycles. The average molecular weight is 285 g/mol. The van der Waals surface area contributed by atoms with Crippen molar-refractivity contribution in [3.63, 3.8) is 0 Å². The quantitative estimate of drug-likeness (QED) is 0.841. The summed E-state index contributed by atoms with van der Waals surface area (Å²) in [4.78, 5) is 10.9. The van der Waals surface area contributed by atoms with E-state index in [1.165, 1.54) is 0 Å². The van der Waals surface area contributed by atoms with E-state index in [2.05, 4.69) is 5.73 Å². The molecule has 0 aliphatic heterocycles. The van der Waals surface area contributed by atoms with E-state index in [0.29, 0.717) is 0 Å². The number of carbonyl (C=O) groups excluding carboxylic acids is 1. The molecule has 2 rings (SSSR count). The fourth-order valence-corrected chi connectivity index (χ4v) is 2.11. The van der Waals surface area contributed by atoms with Gasteiger partial charge in [-0.3, -0.25) is 0 Å². The molecular weight excluding hydrogens is 266 g/mol. The summed E-state index contributed by atoms with van der Waals surface area (Å²) in [6.07, 6.45) is -0.883. The average Bonchev–Trinajstić information content (AvgIpc) is 2.53. The molecule has 0 aromatic heterocycles. The molecule has 0 saturated carbocycles. The van der Waals surface area contributed by atoms with Crippen molar-refractivity contribution in [1.82, 2.24) is 0 Å². The van der Waals surface area contributed by atoms with Crippen molar-refractivity contribution in [3.05, 3.63) is 71.8 Å². The van der Waals surface area contributed by atoms with Crippen LogP contribution in [0.15, 0.2) is 60.7 Å². The standard InChI is InChI=1S/C17H19NO3/c1-12(15(18)17(19)20)21-16(13-8-4-2-5-9-13)14-10-6-3-7-11-14/h2-12,15-16H,18H2,1H3,(H,19,20)/t12-,15-/m0/s1. The first-order valence-corrected chi connectivity index (χ1v) is 6.89. The van der Waals surface area contributed by atoms with Crippen LogP contribution in [0.2, 0.25) is 0 Å². The molecule has 4 heteroatoms. The summed E-state index contributed by atoms with van der Waals surface area (Å²) in [5, 5.41) is 10.9. The molecule has 0 unspecified atom stereocenters. The Morgan fingerprint density at radius 2 is 1.43 bits per heavy atom. The minimum absolute atomic E-state index is 0.328. The van der Waals surface area contributed by atoms with Crippen LogP contribution >= 0.6 is 0 Å². The lowest BCUT2D eigenvalue weighted by Crippen LogP contribution is -2.73. The second kappa shape index (κ2) is 7.02. The molecule has 0 aliphatic carbocycles. The predicted octanol–water partition coefficient (Wildman–Crippen LogP) is 0.541. The largest absolute Gasteiger partial charge is 0.544 e. The molecule has 0 radical (unpaired) electrons. The summed E-state index contributed by atoms with van der Waals surface area (Å²) < 4.78 is 5.96. The van der Waals surface area contributed by atoms with Gasteiger partial charge in [0, 0.05) is 0 Å². The highest BCUT2D eigenvalue weighted by atomic mass is 16.5. The number of carboxylic acids is 1. The van der Waals surface area contributed by atoms with Crippen LogP contribution in [0.4, 0.5) is 0 Å². The van der Waals surface area contributed by atoms with Crippen molar-refractivity contribution in [2.75, 3.05) is 0 Å². The predicted molar refractivity (Wildman–Crippen MR) is 77.0 cm³/mol. The third kappa shape index (κ3) is 3.90. The lowest BCUT2D eigenvalue weighted by Gasteiger charge is -2.25. The number of hydrogen-bond acceptors (Lipinski definition) is 3. The molecule has 0 heterocycles. The number of carboxylic acid groups (broad SMARTS) is 1. The number of hydrogen-bond donors (Lipinski definition) is 1. The normalized spacial score (nSPS) is 13.9. The van der Waals surface area contributed by atoms with Crippen molar-refractivity contribution in [2.45, 2.75) is 25.2 Å². The van der Waals surface area contributed by atoms with E-state index in [9.17, 15) is 9.90 Å². The maximum absolute atomic E-state index is 10.9. The van der Waals surface area contributed by atoms with Gasteiger partial charge in [0.15, 0.2) is 6.04 Å². The zero-order chi connectivity index (χ0) is 15.2. The lowest BCUT2D eigenvalue weighted by atomic mass is 10.0. The Kier molecular flexibility index (Phi) is 5.09. The fourth-order valence-electron chi connectivity index (χ4n) is 2.11. The monoisotopic (exact) mass is 285 g/mol. The highest BCUT2D eigenvalue weighted by molar-refractivity contribution is 5.69. The molecule has 2 atom stereocenters. The van der Waals surface area contributed by atoms with Gasteiger partial charge >= 0.3 is 0 Å². The number of ether oxygens (including phenoxy) is 1. The Hall–Kier alpha value is -2.17. The van der Waals surface area contributed by atoms with Gasteiger partial charge in [0.25, 0.3) is 0 Å². The molecule has 0 aliphatic rings. The van der Waals surface area contributed by atoms with E-state index in [1.54, 1.807) is 6.92 Å². The molecular formula is C17H19NO3. The Labute approximate surface area is 124 Å².